The zero-order chi connectivity index (χ0) is 22.1. The molecule has 0 spiro atoms. The standard InChI is InChI=1S/C21H20N6O3S2/c28-21(17-13-22-26(15-17)14-16-5-2-1-3-6-16)25-9-11-27(12-10-25)32(29,30)19-8-4-7-18-20(19)24-31-23-18/h1-8,13,15H,9-12,14H2. The lowest BCUT2D eigenvalue weighted by atomic mass is 10.2. The van der Waals surface area contributed by atoms with E-state index >= 15 is 0 Å². The van der Waals surface area contributed by atoms with Crippen molar-refractivity contribution in [2.24, 2.45) is 0 Å². The fourth-order valence-corrected chi connectivity index (χ4v) is 5.95. The summed E-state index contributed by atoms with van der Waals surface area (Å²) in [6.45, 7) is 1.65. The molecule has 0 aliphatic carbocycles. The van der Waals surface area contributed by atoms with E-state index < -0.39 is 10.0 Å². The quantitative estimate of drug-likeness (QED) is 0.445. The van der Waals surface area contributed by atoms with Gasteiger partial charge in [0, 0.05) is 32.4 Å². The molecule has 0 saturated carbocycles. The first kappa shape index (κ1) is 20.7. The second-order valence-corrected chi connectivity index (χ2v) is 9.93. The van der Waals surface area contributed by atoms with Crippen LogP contribution in [0.1, 0.15) is 15.9 Å². The maximum atomic E-state index is 13.2. The molecular formula is C21H20N6O3S2. The fourth-order valence-electron chi connectivity index (χ4n) is 3.77. The van der Waals surface area contributed by atoms with Crippen molar-refractivity contribution < 1.29 is 13.2 Å². The van der Waals surface area contributed by atoms with Crippen molar-refractivity contribution in [3.05, 3.63) is 72.1 Å². The van der Waals surface area contributed by atoms with E-state index in [2.05, 4.69) is 13.8 Å². The van der Waals surface area contributed by atoms with Gasteiger partial charge in [0.1, 0.15) is 15.9 Å². The predicted molar refractivity (Wildman–Crippen MR) is 120 cm³/mol. The molecule has 1 aliphatic rings. The summed E-state index contributed by atoms with van der Waals surface area (Å²) in [7, 11) is -3.72. The Morgan fingerprint density at radius 2 is 1.75 bits per heavy atom. The van der Waals surface area contributed by atoms with Crippen LogP contribution in [0.4, 0.5) is 0 Å². The molecule has 4 aromatic rings. The Kier molecular flexibility index (Phi) is 5.45. The van der Waals surface area contributed by atoms with Crippen LogP contribution in [0.25, 0.3) is 11.0 Å². The monoisotopic (exact) mass is 468 g/mol. The number of benzene rings is 2. The van der Waals surface area contributed by atoms with E-state index in [0.29, 0.717) is 36.2 Å². The Morgan fingerprint density at radius 3 is 2.53 bits per heavy atom. The number of sulfonamides is 1. The second kappa shape index (κ2) is 8.41. The van der Waals surface area contributed by atoms with Gasteiger partial charge in [-0.3, -0.25) is 9.48 Å². The minimum atomic E-state index is -3.72. The molecule has 1 saturated heterocycles. The van der Waals surface area contributed by atoms with Crippen LogP contribution < -0.4 is 0 Å². The topological polar surface area (TPSA) is 101 Å². The van der Waals surface area contributed by atoms with Crippen molar-refractivity contribution in [2.45, 2.75) is 11.4 Å². The normalized spacial score (nSPS) is 15.3. The maximum Gasteiger partial charge on any atom is 0.257 e. The summed E-state index contributed by atoms with van der Waals surface area (Å²) in [5.41, 5.74) is 2.55. The van der Waals surface area contributed by atoms with Crippen LogP contribution in [0.2, 0.25) is 0 Å². The average molecular weight is 469 g/mol. The number of fused-ring (bicyclic) bond motifs is 1. The van der Waals surface area contributed by atoms with Crippen molar-refractivity contribution in [2.75, 3.05) is 26.2 Å². The minimum Gasteiger partial charge on any atom is -0.336 e. The highest BCUT2D eigenvalue weighted by molar-refractivity contribution is 7.89. The number of nitrogens with zero attached hydrogens (tertiary/aromatic N) is 6. The molecule has 0 atom stereocenters. The SMILES string of the molecule is O=C(c1cnn(Cc2ccccc2)c1)N1CCN(S(=O)(=O)c2cccc3nsnc23)CC1. The number of hydrogen-bond donors (Lipinski definition) is 0. The minimum absolute atomic E-state index is 0.146. The Morgan fingerprint density at radius 1 is 0.969 bits per heavy atom. The van der Waals surface area contributed by atoms with Crippen molar-refractivity contribution >= 4 is 38.7 Å². The third-order valence-electron chi connectivity index (χ3n) is 5.46. The van der Waals surface area contributed by atoms with Gasteiger partial charge in [-0.2, -0.15) is 18.2 Å². The molecule has 2 aromatic carbocycles. The lowest BCUT2D eigenvalue weighted by Gasteiger charge is -2.33. The van der Waals surface area contributed by atoms with Crippen LogP contribution in [0.5, 0.6) is 0 Å². The first-order valence-electron chi connectivity index (χ1n) is 10.1. The van der Waals surface area contributed by atoms with Gasteiger partial charge >= 0.3 is 0 Å². The average Bonchev–Trinajstić information content (AvgIpc) is 3.49. The largest absolute Gasteiger partial charge is 0.336 e. The van der Waals surface area contributed by atoms with Gasteiger partial charge in [0.15, 0.2) is 0 Å². The molecule has 5 rings (SSSR count). The van der Waals surface area contributed by atoms with Crippen molar-refractivity contribution in [3.63, 3.8) is 0 Å². The van der Waals surface area contributed by atoms with Gasteiger partial charge in [-0.15, -0.1) is 0 Å². The predicted octanol–water partition coefficient (Wildman–Crippen LogP) is 2.08. The summed E-state index contributed by atoms with van der Waals surface area (Å²) in [6.07, 6.45) is 3.29. The third kappa shape index (κ3) is 3.90. The number of carbonyl (C=O) groups excluding carboxylic acids is 1. The van der Waals surface area contributed by atoms with E-state index in [1.54, 1.807) is 40.2 Å². The molecule has 9 nitrogen and oxygen atoms in total. The molecule has 0 unspecified atom stereocenters. The lowest BCUT2D eigenvalue weighted by molar-refractivity contribution is 0.0698. The van der Waals surface area contributed by atoms with Crippen LogP contribution in [-0.4, -0.2) is 68.2 Å². The molecule has 0 radical (unpaired) electrons. The van der Waals surface area contributed by atoms with Crippen LogP contribution in [0.15, 0.2) is 65.8 Å². The Bertz CT molecular complexity index is 1360. The van der Waals surface area contributed by atoms with E-state index in [4.69, 9.17) is 0 Å². The van der Waals surface area contributed by atoms with Gasteiger partial charge in [0.05, 0.1) is 30.0 Å². The maximum absolute atomic E-state index is 13.2. The molecule has 32 heavy (non-hydrogen) atoms. The molecule has 164 valence electrons. The second-order valence-electron chi connectivity index (χ2n) is 7.50. The van der Waals surface area contributed by atoms with Gasteiger partial charge in [0.2, 0.25) is 10.0 Å². The summed E-state index contributed by atoms with van der Waals surface area (Å²) < 4.78 is 37.7. The summed E-state index contributed by atoms with van der Waals surface area (Å²) in [6, 6.07) is 14.9. The van der Waals surface area contributed by atoms with Crippen LogP contribution in [0, 0.1) is 0 Å². The van der Waals surface area contributed by atoms with E-state index in [9.17, 15) is 13.2 Å². The van der Waals surface area contributed by atoms with Gasteiger partial charge < -0.3 is 4.90 Å². The van der Waals surface area contributed by atoms with Crippen molar-refractivity contribution in [3.8, 4) is 0 Å². The van der Waals surface area contributed by atoms with Crippen molar-refractivity contribution in [1.82, 2.24) is 27.7 Å². The highest BCUT2D eigenvalue weighted by atomic mass is 32.2. The Balaban J connectivity index is 1.26. The number of piperazine rings is 1. The van der Waals surface area contributed by atoms with Gasteiger partial charge in [-0.1, -0.05) is 36.4 Å². The number of carbonyl (C=O) groups is 1. The molecular weight excluding hydrogens is 448 g/mol. The number of amides is 1. The Labute approximate surface area is 189 Å². The first-order chi connectivity index (χ1) is 15.5. The zero-order valence-electron chi connectivity index (χ0n) is 17.0. The molecule has 2 aromatic heterocycles. The van der Waals surface area contributed by atoms with Crippen molar-refractivity contribution in [1.29, 1.82) is 0 Å². The summed E-state index contributed by atoms with van der Waals surface area (Å²) in [4.78, 5) is 14.7. The number of rotatable bonds is 5. The first-order valence-corrected chi connectivity index (χ1v) is 12.3. The highest BCUT2D eigenvalue weighted by Gasteiger charge is 2.32. The summed E-state index contributed by atoms with van der Waals surface area (Å²) in [5.74, 6) is -0.146. The number of aromatic nitrogens is 4. The number of hydrogen-bond acceptors (Lipinski definition) is 7. The van der Waals surface area contributed by atoms with E-state index in [-0.39, 0.29) is 23.9 Å². The molecule has 1 fully saturated rings. The highest BCUT2D eigenvalue weighted by Crippen LogP contribution is 2.25. The molecule has 0 bridgehead atoms. The van der Waals surface area contributed by atoms with Gasteiger partial charge in [-0.25, -0.2) is 8.42 Å². The summed E-state index contributed by atoms with van der Waals surface area (Å²) >= 11 is 0.990. The molecule has 3 heterocycles. The van der Waals surface area contributed by atoms with Crippen LogP contribution >= 0.6 is 11.7 Å². The van der Waals surface area contributed by atoms with Crippen LogP contribution in [-0.2, 0) is 16.6 Å². The molecule has 11 heteroatoms. The smallest absolute Gasteiger partial charge is 0.257 e. The zero-order valence-corrected chi connectivity index (χ0v) is 18.7. The van der Waals surface area contributed by atoms with Gasteiger partial charge in [-0.05, 0) is 17.7 Å². The molecule has 1 aliphatic heterocycles. The van der Waals surface area contributed by atoms with Gasteiger partial charge in [0.25, 0.3) is 5.91 Å². The van der Waals surface area contributed by atoms with E-state index in [1.165, 1.54) is 4.31 Å². The molecule has 1 amide bonds. The third-order valence-corrected chi connectivity index (χ3v) is 7.93. The van der Waals surface area contributed by atoms with E-state index in [1.807, 2.05) is 30.3 Å². The Hall–Kier alpha value is -3.15. The molecule has 0 N–H and O–H groups in total. The van der Waals surface area contributed by atoms with E-state index in [0.717, 1.165) is 17.3 Å². The summed E-state index contributed by atoms with van der Waals surface area (Å²) in [5, 5.41) is 4.30. The van der Waals surface area contributed by atoms with Crippen LogP contribution in [0.3, 0.4) is 0 Å². The fraction of sp³-hybridized carbons (Fsp3) is 0.238. The lowest BCUT2D eigenvalue weighted by Crippen LogP contribution is -2.50.